The maximum Gasteiger partial charge on any atom is 0.271 e. The third-order valence-corrected chi connectivity index (χ3v) is 9.89. The molecule has 2 aliphatic rings. The number of imidazole rings is 1. The van der Waals surface area contributed by atoms with Gasteiger partial charge in [-0.3, -0.25) is 14.2 Å². The van der Waals surface area contributed by atoms with E-state index in [2.05, 4.69) is 27.3 Å². The van der Waals surface area contributed by atoms with E-state index in [1.807, 2.05) is 41.6 Å². The summed E-state index contributed by atoms with van der Waals surface area (Å²) in [7, 11) is 1.88. The Morgan fingerprint density at radius 1 is 1.13 bits per heavy atom. The number of carbonyl (C=O) groups is 1. The number of benzene rings is 1. The van der Waals surface area contributed by atoms with E-state index in [0.29, 0.717) is 33.4 Å². The lowest BCUT2D eigenvalue weighted by Crippen LogP contribution is -2.57. The number of nitrogens with zero attached hydrogens (tertiary/aromatic N) is 8. The Bertz CT molecular complexity index is 2010. The van der Waals surface area contributed by atoms with Crippen LogP contribution in [0.15, 0.2) is 55.0 Å². The van der Waals surface area contributed by atoms with Crippen LogP contribution in [-0.2, 0) is 6.42 Å². The summed E-state index contributed by atoms with van der Waals surface area (Å²) in [6.45, 7) is 2.19. The van der Waals surface area contributed by atoms with Crippen molar-refractivity contribution in [1.82, 2.24) is 29.7 Å². The van der Waals surface area contributed by atoms with Gasteiger partial charge in [0.1, 0.15) is 39.6 Å². The summed E-state index contributed by atoms with van der Waals surface area (Å²) in [4.78, 5) is 33.7. The Morgan fingerprint density at radius 2 is 1.89 bits per heavy atom. The van der Waals surface area contributed by atoms with Crippen molar-refractivity contribution in [3.63, 3.8) is 0 Å². The standard InChI is InChI=1S/C32H27BFN9OS/c1-3-23-30(42(2)31-41-28(26(12-35)45-31)19-4-7-21(34)8-5-19)43-15-20(6-9-27(43)40-23)24-13-38-25(14-37-24)29(44)39-22-10-32(11-22)16-33(17-32)18-36/h4-9,13-15,22H,3,10-11,16-17H2,1-2H3,(H,39,44). The summed E-state index contributed by atoms with van der Waals surface area (Å²) in [5.41, 5.74) is 4.66. The molecule has 0 radical (unpaired) electrons. The molecule has 1 spiro atoms. The number of anilines is 2. The van der Waals surface area contributed by atoms with Crippen LogP contribution in [0.1, 0.15) is 40.8 Å². The van der Waals surface area contributed by atoms with E-state index in [1.54, 1.807) is 18.3 Å². The van der Waals surface area contributed by atoms with E-state index < -0.39 is 0 Å². The van der Waals surface area contributed by atoms with E-state index in [0.717, 1.165) is 48.2 Å². The van der Waals surface area contributed by atoms with Gasteiger partial charge in [0.25, 0.3) is 12.6 Å². The number of thiazole rings is 1. The topological polar surface area (TPSA) is 136 Å². The van der Waals surface area contributed by atoms with Crippen LogP contribution in [0.25, 0.3) is 28.2 Å². The molecule has 0 atom stereocenters. The minimum Gasteiger partial charge on any atom is -0.348 e. The first kappa shape index (κ1) is 28.6. The Labute approximate surface area is 263 Å². The number of aryl methyl sites for hydroxylation is 1. The Hall–Kier alpha value is -5.14. The fourth-order valence-corrected chi connectivity index (χ4v) is 7.45. The largest absolute Gasteiger partial charge is 0.348 e. The van der Waals surface area contributed by atoms with Crippen LogP contribution in [0, 0.1) is 33.8 Å². The van der Waals surface area contributed by atoms with Crippen molar-refractivity contribution in [2.24, 2.45) is 5.41 Å². The zero-order valence-electron chi connectivity index (χ0n) is 24.7. The average molecular weight is 616 g/mol. The zero-order chi connectivity index (χ0) is 31.3. The van der Waals surface area contributed by atoms with Gasteiger partial charge in [0.05, 0.1) is 23.8 Å². The molecular formula is C32H27BFN9OS. The molecular weight excluding hydrogens is 588 g/mol. The second kappa shape index (κ2) is 11.1. The van der Waals surface area contributed by atoms with Crippen molar-refractivity contribution in [1.29, 1.82) is 10.5 Å². The predicted molar refractivity (Wildman–Crippen MR) is 170 cm³/mol. The van der Waals surface area contributed by atoms with Crippen LogP contribution >= 0.6 is 11.3 Å². The highest BCUT2D eigenvalue weighted by Crippen LogP contribution is 2.56. The van der Waals surface area contributed by atoms with Crippen molar-refractivity contribution in [2.75, 3.05) is 11.9 Å². The highest BCUT2D eigenvalue weighted by Gasteiger charge is 2.54. The van der Waals surface area contributed by atoms with E-state index in [1.165, 1.54) is 29.7 Å². The van der Waals surface area contributed by atoms with E-state index in [-0.39, 0.29) is 35.6 Å². The van der Waals surface area contributed by atoms with Crippen molar-refractivity contribution in [3.05, 3.63) is 77.1 Å². The first-order chi connectivity index (χ1) is 21.8. The molecule has 4 aromatic heterocycles. The van der Waals surface area contributed by atoms with Gasteiger partial charge in [-0.2, -0.15) is 5.26 Å². The van der Waals surface area contributed by atoms with Crippen LogP contribution in [0.4, 0.5) is 15.3 Å². The highest BCUT2D eigenvalue weighted by molar-refractivity contribution is 7.16. The van der Waals surface area contributed by atoms with Crippen molar-refractivity contribution >= 4 is 40.6 Å². The Kier molecular flexibility index (Phi) is 7.06. The quantitative estimate of drug-likeness (QED) is 0.230. The lowest BCUT2D eigenvalue weighted by atomic mass is 9.23. The third-order valence-electron chi connectivity index (χ3n) is 8.85. The molecule has 45 heavy (non-hydrogen) atoms. The van der Waals surface area contributed by atoms with Gasteiger partial charge >= 0.3 is 0 Å². The second-order valence-electron chi connectivity index (χ2n) is 11.8. The molecule has 5 aromatic rings. The molecule has 1 aromatic carbocycles. The summed E-state index contributed by atoms with van der Waals surface area (Å²) in [5.74, 6) is 2.53. The van der Waals surface area contributed by atoms with Crippen molar-refractivity contribution < 1.29 is 9.18 Å². The number of halogens is 1. The fourth-order valence-electron chi connectivity index (χ4n) is 6.60. The third kappa shape index (κ3) is 5.09. The molecule has 10 nitrogen and oxygen atoms in total. The molecule has 1 N–H and O–H groups in total. The predicted octanol–water partition coefficient (Wildman–Crippen LogP) is 5.71. The molecule has 1 amide bonds. The number of fused-ring (bicyclic) bond motifs is 1. The highest BCUT2D eigenvalue weighted by atomic mass is 32.1. The minimum absolute atomic E-state index is 0.110. The maximum absolute atomic E-state index is 13.5. The minimum atomic E-state index is -0.354. The first-order valence-corrected chi connectivity index (χ1v) is 15.6. The van der Waals surface area contributed by atoms with Gasteiger partial charge in [0, 0.05) is 36.4 Å². The Balaban J connectivity index is 1.13. The number of pyridine rings is 1. The normalized spacial score (nSPS) is 15.3. The maximum atomic E-state index is 13.5. The summed E-state index contributed by atoms with van der Waals surface area (Å²) in [6.07, 6.45) is 9.38. The number of nitriles is 2. The molecule has 1 aliphatic carbocycles. The number of nitrogens with one attached hydrogen (secondary N) is 1. The van der Waals surface area contributed by atoms with Gasteiger partial charge < -0.3 is 10.2 Å². The molecule has 222 valence electrons. The molecule has 1 saturated carbocycles. The van der Waals surface area contributed by atoms with Gasteiger partial charge in [0.2, 0.25) is 0 Å². The molecule has 5 heterocycles. The second-order valence-corrected chi connectivity index (χ2v) is 12.8. The molecule has 13 heteroatoms. The van der Waals surface area contributed by atoms with Crippen LogP contribution in [0.2, 0.25) is 12.6 Å². The summed E-state index contributed by atoms with van der Waals surface area (Å²) in [5, 5.41) is 22.5. The van der Waals surface area contributed by atoms with Crippen LogP contribution in [-0.4, -0.2) is 50.0 Å². The van der Waals surface area contributed by atoms with Gasteiger partial charge in [-0.05, 0) is 61.1 Å². The monoisotopic (exact) mass is 615 g/mol. The van der Waals surface area contributed by atoms with Gasteiger partial charge in [-0.25, -0.2) is 24.6 Å². The van der Waals surface area contributed by atoms with Gasteiger partial charge in [-0.15, -0.1) is 0 Å². The molecule has 1 saturated heterocycles. The Morgan fingerprint density at radius 3 is 2.56 bits per heavy atom. The smallest absolute Gasteiger partial charge is 0.271 e. The average Bonchev–Trinajstić information content (AvgIpc) is 3.63. The summed E-state index contributed by atoms with van der Waals surface area (Å²) < 4.78 is 15.5. The number of carbonyl (C=O) groups excluding carboxylic acids is 1. The van der Waals surface area contributed by atoms with E-state index in [4.69, 9.17) is 15.2 Å². The number of aromatic nitrogens is 5. The SMILES string of the molecule is CCc1nc2ccc(-c3cnc(C(=O)NC4CC5(CB(C#N)C5)C4)cn3)cn2c1N(C)c1nc(-c2ccc(F)cc2)c(C#N)s1. The van der Waals surface area contributed by atoms with Crippen LogP contribution in [0.3, 0.4) is 0 Å². The fraction of sp³-hybridized carbons (Fsp3) is 0.281. The molecule has 2 fully saturated rings. The van der Waals surface area contributed by atoms with Gasteiger partial charge in [0.15, 0.2) is 5.13 Å². The number of hydrogen-bond donors (Lipinski definition) is 1. The first-order valence-electron chi connectivity index (χ1n) is 14.7. The number of rotatable bonds is 7. The summed E-state index contributed by atoms with van der Waals surface area (Å²) >= 11 is 1.26. The molecule has 1 aliphatic heterocycles. The van der Waals surface area contributed by atoms with Crippen LogP contribution < -0.4 is 10.2 Å². The van der Waals surface area contributed by atoms with Gasteiger partial charge in [-0.1, -0.05) is 30.9 Å². The zero-order valence-corrected chi connectivity index (χ0v) is 25.5. The number of hydrogen-bond acceptors (Lipinski definition) is 9. The number of amides is 1. The van der Waals surface area contributed by atoms with E-state index in [9.17, 15) is 14.4 Å². The van der Waals surface area contributed by atoms with Crippen molar-refractivity contribution in [3.8, 4) is 34.6 Å². The lowest BCUT2D eigenvalue weighted by molar-refractivity contribution is 0.0746. The van der Waals surface area contributed by atoms with Crippen molar-refractivity contribution in [2.45, 2.75) is 44.9 Å². The molecule has 0 bridgehead atoms. The summed E-state index contributed by atoms with van der Waals surface area (Å²) in [6, 6.07) is 12.1. The van der Waals surface area contributed by atoms with Crippen LogP contribution in [0.5, 0.6) is 0 Å². The molecule has 7 rings (SSSR count). The lowest BCUT2D eigenvalue weighted by Gasteiger charge is -2.55. The molecule has 0 unspecified atom stereocenters. The van der Waals surface area contributed by atoms with E-state index >= 15 is 0 Å².